The standard InChI is InChI=1S/C18H21FN4O2/c1-21-8-9-23(14-4-3-12(19)11-15(14)21)18(24)13-5-10-25-16(13)17-20-6-7-22(17)2/h3-4,6-7,11,13,16H,5,8-10H2,1-2H3/t13-,16-/m1/s1. The molecule has 0 radical (unpaired) electrons. The molecule has 1 fully saturated rings. The Bertz CT molecular complexity index is 806. The molecule has 1 aromatic heterocycles. The minimum atomic E-state index is -0.337. The Kier molecular flexibility index (Phi) is 3.95. The summed E-state index contributed by atoms with van der Waals surface area (Å²) in [5.41, 5.74) is 1.50. The number of benzene rings is 1. The summed E-state index contributed by atoms with van der Waals surface area (Å²) in [6.45, 7) is 1.79. The van der Waals surface area contributed by atoms with Crippen LogP contribution in [0, 0.1) is 11.7 Å². The van der Waals surface area contributed by atoms with Gasteiger partial charge in [-0.05, 0) is 24.6 Å². The van der Waals surface area contributed by atoms with Gasteiger partial charge in [0.1, 0.15) is 17.7 Å². The summed E-state index contributed by atoms with van der Waals surface area (Å²) in [6, 6.07) is 4.57. The molecule has 4 rings (SSSR count). The average molecular weight is 344 g/mol. The zero-order valence-corrected chi connectivity index (χ0v) is 14.4. The van der Waals surface area contributed by atoms with E-state index in [-0.39, 0.29) is 23.7 Å². The fraction of sp³-hybridized carbons (Fsp3) is 0.444. The molecular weight excluding hydrogens is 323 g/mol. The number of carbonyl (C=O) groups is 1. The van der Waals surface area contributed by atoms with Crippen molar-refractivity contribution in [1.82, 2.24) is 9.55 Å². The molecule has 6 nitrogen and oxygen atoms in total. The van der Waals surface area contributed by atoms with Crippen LogP contribution in [0.3, 0.4) is 0 Å². The minimum Gasteiger partial charge on any atom is -0.371 e. The molecule has 1 saturated heterocycles. The highest BCUT2D eigenvalue weighted by atomic mass is 19.1. The largest absolute Gasteiger partial charge is 0.371 e. The van der Waals surface area contributed by atoms with Crippen LogP contribution in [0.2, 0.25) is 0 Å². The van der Waals surface area contributed by atoms with E-state index in [2.05, 4.69) is 4.98 Å². The molecule has 25 heavy (non-hydrogen) atoms. The zero-order valence-electron chi connectivity index (χ0n) is 14.4. The van der Waals surface area contributed by atoms with E-state index in [4.69, 9.17) is 4.74 Å². The van der Waals surface area contributed by atoms with Gasteiger partial charge in [0.15, 0.2) is 0 Å². The van der Waals surface area contributed by atoms with Gasteiger partial charge in [-0.1, -0.05) is 0 Å². The Morgan fingerprint density at radius 1 is 1.28 bits per heavy atom. The molecule has 0 N–H and O–H groups in total. The van der Waals surface area contributed by atoms with Crippen molar-refractivity contribution < 1.29 is 13.9 Å². The molecule has 132 valence electrons. The van der Waals surface area contributed by atoms with Crippen LogP contribution in [-0.4, -0.2) is 42.2 Å². The van der Waals surface area contributed by atoms with Gasteiger partial charge in [0.2, 0.25) is 5.91 Å². The van der Waals surface area contributed by atoms with Crippen molar-refractivity contribution in [3.8, 4) is 0 Å². The van der Waals surface area contributed by atoms with Crippen LogP contribution in [-0.2, 0) is 16.6 Å². The second-order valence-corrected chi connectivity index (χ2v) is 6.63. The maximum Gasteiger partial charge on any atom is 0.233 e. The summed E-state index contributed by atoms with van der Waals surface area (Å²) >= 11 is 0. The lowest BCUT2D eigenvalue weighted by Crippen LogP contribution is -2.45. The summed E-state index contributed by atoms with van der Waals surface area (Å²) in [5.74, 6) is 0.216. The number of carbonyl (C=O) groups excluding carboxylic acids is 1. The third kappa shape index (κ3) is 2.68. The predicted molar refractivity (Wildman–Crippen MR) is 92.0 cm³/mol. The van der Waals surface area contributed by atoms with Crippen molar-refractivity contribution in [1.29, 1.82) is 0 Å². The number of rotatable bonds is 2. The lowest BCUT2D eigenvalue weighted by molar-refractivity contribution is -0.124. The Morgan fingerprint density at radius 2 is 2.12 bits per heavy atom. The van der Waals surface area contributed by atoms with Crippen molar-refractivity contribution in [2.24, 2.45) is 13.0 Å². The molecule has 0 aliphatic carbocycles. The van der Waals surface area contributed by atoms with Gasteiger partial charge in [0.05, 0.1) is 17.3 Å². The highest BCUT2D eigenvalue weighted by Gasteiger charge is 2.41. The van der Waals surface area contributed by atoms with Crippen LogP contribution in [0.1, 0.15) is 18.3 Å². The number of ether oxygens (including phenoxy) is 1. The van der Waals surface area contributed by atoms with Gasteiger partial charge in [0, 0.05) is 46.2 Å². The van der Waals surface area contributed by atoms with E-state index in [9.17, 15) is 9.18 Å². The van der Waals surface area contributed by atoms with Crippen LogP contribution >= 0.6 is 0 Å². The van der Waals surface area contributed by atoms with Crippen molar-refractivity contribution in [3.63, 3.8) is 0 Å². The molecule has 2 aliphatic rings. The maximum atomic E-state index is 13.6. The molecule has 1 amide bonds. The van der Waals surface area contributed by atoms with E-state index >= 15 is 0 Å². The van der Waals surface area contributed by atoms with Gasteiger partial charge in [-0.25, -0.2) is 9.37 Å². The number of hydrogen-bond donors (Lipinski definition) is 0. The number of likely N-dealkylation sites (N-methyl/N-ethyl adjacent to an activating group) is 1. The molecule has 0 spiro atoms. The summed E-state index contributed by atoms with van der Waals surface area (Å²) in [5, 5.41) is 0. The number of hydrogen-bond acceptors (Lipinski definition) is 4. The molecule has 0 bridgehead atoms. The smallest absolute Gasteiger partial charge is 0.233 e. The number of nitrogens with zero attached hydrogens (tertiary/aromatic N) is 4. The van der Waals surface area contributed by atoms with Crippen LogP contribution in [0.5, 0.6) is 0 Å². The number of anilines is 2. The highest BCUT2D eigenvalue weighted by Crippen LogP contribution is 2.39. The van der Waals surface area contributed by atoms with Gasteiger partial charge in [0.25, 0.3) is 0 Å². The van der Waals surface area contributed by atoms with Gasteiger partial charge >= 0.3 is 0 Å². The Labute approximate surface area is 145 Å². The molecule has 2 atom stereocenters. The Morgan fingerprint density at radius 3 is 2.88 bits per heavy atom. The topological polar surface area (TPSA) is 50.6 Å². The number of fused-ring (bicyclic) bond motifs is 1. The zero-order chi connectivity index (χ0) is 17.6. The summed E-state index contributed by atoms with van der Waals surface area (Å²) in [4.78, 5) is 21.4. The first-order valence-electron chi connectivity index (χ1n) is 8.47. The first-order chi connectivity index (χ1) is 12.1. The van der Waals surface area contributed by atoms with Crippen molar-refractivity contribution in [2.45, 2.75) is 12.5 Å². The van der Waals surface area contributed by atoms with Gasteiger partial charge < -0.3 is 19.1 Å². The van der Waals surface area contributed by atoms with E-state index in [0.29, 0.717) is 26.1 Å². The van der Waals surface area contributed by atoms with E-state index in [1.165, 1.54) is 12.1 Å². The third-order valence-electron chi connectivity index (χ3n) is 5.09. The Hall–Kier alpha value is -2.41. The first-order valence-corrected chi connectivity index (χ1v) is 8.47. The van der Waals surface area contributed by atoms with Crippen molar-refractivity contribution >= 4 is 17.3 Å². The van der Waals surface area contributed by atoms with Crippen LogP contribution < -0.4 is 9.80 Å². The molecule has 1 aromatic carbocycles. The molecule has 0 unspecified atom stereocenters. The SMILES string of the molecule is CN1CCN(C(=O)[C@@H]2CCO[C@H]2c2nccn2C)c2ccc(F)cc21. The number of aryl methyl sites for hydroxylation is 1. The Balaban J connectivity index is 1.65. The molecular formula is C18H21FN4O2. The first kappa shape index (κ1) is 16.1. The fourth-order valence-corrected chi connectivity index (χ4v) is 3.70. The number of aromatic nitrogens is 2. The summed E-state index contributed by atoms with van der Waals surface area (Å²) in [7, 11) is 3.81. The molecule has 3 heterocycles. The van der Waals surface area contributed by atoms with Crippen LogP contribution in [0.4, 0.5) is 15.8 Å². The highest BCUT2D eigenvalue weighted by molar-refractivity contribution is 5.99. The number of amides is 1. The number of halogens is 1. The monoisotopic (exact) mass is 344 g/mol. The van der Waals surface area contributed by atoms with E-state index in [1.54, 1.807) is 17.2 Å². The third-order valence-corrected chi connectivity index (χ3v) is 5.09. The quantitative estimate of drug-likeness (QED) is 0.837. The van der Waals surface area contributed by atoms with Gasteiger partial charge in [-0.2, -0.15) is 0 Å². The summed E-state index contributed by atoms with van der Waals surface area (Å²) in [6.07, 6.45) is 3.90. The molecule has 0 saturated carbocycles. The van der Waals surface area contributed by atoms with E-state index < -0.39 is 0 Å². The van der Waals surface area contributed by atoms with Gasteiger partial charge in [-0.3, -0.25) is 4.79 Å². The second kappa shape index (κ2) is 6.15. The van der Waals surface area contributed by atoms with Crippen LogP contribution in [0.15, 0.2) is 30.6 Å². The maximum absolute atomic E-state index is 13.6. The summed E-state index contributed by atoms with van der Waals surface area (Å²) < 4.78 is 21.4. The fourth-order valence-electron chi connectivity index (χ4n) is 3.70. The lowest BCUT2D eigenvalue weighted by Gasteiger charge is -2.37. The van der Waals surface area contributed by atoms with Crippen molar-refractivity contribution in [3.05, 3.63) is 42.2 Å². The van der Waals surface area contributed by atoms with Crippen LogP contribution in [0.25, 0.3) is 0 Å². The lowest BCUT2D eigenvalue weighted by atomic mass is 9.97. The minimum absolute atomic E-state index is 0.0199. The normalized spacial score (nSPS) is 23.0. The molecule has 2 aromatic rings. The van der Waals surface area contributed by atoms with Crippen molar-refractivity contribution in [2.75, 3.05) is 36.5 Å². The predicted octanol–water partition coefficient (Wildman–Crippen LogP) is 2.12. The van der Waals surface area contributed by atoms with E-state index in [0.717, 1.165) is 17.2 Å². The average Bonchev–Trinajstić information content (AvgIpc) is 3.23. The molecule has 2 aliphatic heterocycles. The second-order valence-electron chi connectivity index (χ2n) is 6.63. The van der Waals surface area contributed by atoms with E-state index in [1.807, 2.05) is 29.8 Å². The molecule has 7 heteroatoms. The van der Waals surface area contributed by atoms with Gasteiger partial charge in [-0.15, -0.1) is 0 Å². The number of imidazole rings is 1.